The molecule has 2 aliphatic rings. The maximum atomic E-state index is 13.1. The molecular formula is C20H21FN2O3. The molecule has 5 nitrogen and oxygen atoms in total. The summed E-state index contributed by atoms with van der Waals surface area (Å²) in [5.74, 6) is -0.0380. The first kappa shape index (κ1) is 16.8. The highest BCUT2D eigenvalue weighted by molar-refractivity contribution is 5.92. The minimum absolute atomic E-state index is 0.0138. The van der Waals surface area contributed by atoms with E-state index in [1.165, 1.54) is 18.4 Å². The van der Waals surface area contributed by atoms with Crippen LogP contribution in [0.25, 0.3) is 0 Å². The van der Waals surface area contributed by atoms with Crippen molar-refractivity contribution >= 4 is 11.8 Å². The molecule has 2 aromatic rings. The Kier molecular flexibility index (Phi) is 4.26. The van der Waals surface area contributed by atoms with Crippen LogP contribution < -0.4 is 5.32 Å². The molecule has 2 heterocycles. The van der Waals surface area contributed by atoms with Crippen molar-refractivity contribution in [1.29, 1.82) is 0 Å². The summed E-state index contributed by atoms with van der Waals surface area (Å²) in [4.78, 5) is 26.8. The Morgan fingerprint density at radius 1 is 1.12 bits per heavy atom. The number of hydrogen-bond donors (Lipinski definition) is 1. The van der Waals surface area contributed by atoms with Crippen molar-refractivity contribution < 1.29 is 18.4 Å². The molecule has 1 saturated carbocycles. The largest absolute Gasteiger partial charge is 0.459 e. The van der Waals surface area contributed by atoms with Crippen LogP contribution in [0, 0.1) is 5.82 Å². The number of furan rings is 1. The fourth-order valence-corrected chi connectivity index (χ4v) is 3.65. The Morgan fingerprint density at radius 2 is 1.81 bits per heavy atom. The number of hydrogen-bond acceptors (Lipinski definition) is 3. The molecule has 0 radical (unpaired) electrons. The third-order valence-corrected chi connectivity index (χ3v) is 5.43. The summed E-state index contributed by atoms with van der Waals surface area (Å²) in [5.41, 5.74) is 0.372. The number of likely N-dealkylation sites (tertiary alicyclic amines) is 1. The molecule has 1 N–H and O–H groups in total. The zero-order valence-corrected chi connectivity index (χ0v) is 14.4. The molecule has 0 spiro atoms. The zero-order valence-electron chi connectivity index (χ0n) is 14.4. The molecule has 136 valence electrons. The molecule has 2 fully saturated rings. The van der Waals surface area contributed by atoms with E-state index in [1.54, 1.807) is 29.2 Å². The van der Waals surface area contributed by atoms with Crippen molar-refractivity contribution in [2.75, 3.05) is 13.1 Å². The van der Waals surface area contributed by atoms with E-state index in [1.807, 2.05) is 0 Å². The first-order valence-corrected chi connectivity index (χ1v) is 8.98. The fraction of sp³-hybridized carbons (Fsp3) is 0.400. The van der Waals surface area contributed by atoms with Crippen LogP contribution >= 0.6 is 0 Å². The van der Waals surface area contributed by atoms with Gasteiger partial charge in [0.05, 0.1) is 11.7 Å². The average molecular weight is 356 g/mol. The smallest absolute Gasteiger partial charge is 0.289 e. The molecular weight excluding hydrogens is 335 g/mol. The van der Waals surface area contributed by atoms with E-state index in [-0.39, 0.29) is 23.7 Å². The Labute approximate surface area is 151 Å². The van der Waals surface area contributed by atoms with Crippen molar-refractivity contribution in [3.05, 3.63) is 59.8 Å². The number of benzene rings is 1. The number of carbonyl (C=O) groups is 2. The van der Waals surface area contributed by atoms with Gasteiger partial charge < -0.3 is 14.6 Å². The third kappa shape index (κ3) is 3.11. The van der Waals surface area contributed by atoms with Crippen molar-refractivity contribution in [2.24, 2.45) is 0 Å². The van der Waals surface area contributed by atoms with Gasteiger partial charge in [-0.1, -0.05) is 12.1 Å². The molecule has 1 aliphatic heterocycles. The number of nitrogens with zero attached hydrogens (tertiary/aromatic N) is 1. The van der Waals surface area contributed by atoms with Gasteiger partial charge in [0.15, 0.2) is 5.76 Å². The molecule has 4 rings (SSSR count). The predicted molar refractivity (Wildman–Crippen MR) is 93.1 cm³/mol. The molecule has 0 bridgehead atoms. The van der Waals surface area contributed by atoms with Crippen molar-refractivity contribution in [3.63, 3.8) is 0 Å². The average Bonchev–Trinajstić information content (AvgIpc) is 3.29. The van der Waals surface area contributed by atoms with Crippen LogP contribution in [-0.4, -0.2) is 35.8 Å². The van der Waals surface area contributed by atoms with Gasteiger partial charge in [-0.25, -0.2) is 4.39 Å². The van der Waals surface area contributed by atoms with Crippen molar-refractivity contribution in [3.8, 4) is 0 Å². The van der Waals surface area contributed by atoms with Gasteiger partial charge in [0.1, 0.15) is 5.82 Å². The lowest BCUT2D eigenvalue weighted by Crippen LogP contribution is -2.48. The molecule has 1 aromatic heterocycles. The highest BCUT2D eigenvalue weighted by Gasteiger charge is 2.51. The highest BCUT2D eigenvalue weighted by atomic mass is 19.1. The fourth-order valence-electron chi connectivity index (χ4n) is 3.65. The van der Waals surface area contributed by atoms with Gasteiger partial charge in [-0.05, 0) is 55.5 Å². The Balaban J connectivity index is 1.34. The molecule has 1 aliphatic carbocycles. The van der Waals surface area contributed by atoms with Gasteiger partial charge in [0.2, 0.25) is 5.91 Å². The Bertz CT molecular complexity index is 789. The van der Waals surface area contributed by atoms with Gasteiger partial charge >= 0.3 is 0 Å². The van der Waals surface area contributed by atoms with Crippen LogP contribution in [0.4, 0.5) is 4.39 Å². The second-order valence-electron chi connectivity index (χ2n) is 7.11. The molecule has 0 unspecified atom stereocenters. The maximum absolute atomic E-state index is 13.1. The number of piperidine rings is 1. The van der Waals surface area contributed by atoms with Gasteiger partial charge in [-0.3, -0.25) is 9.59 Å². The number of rotatable bonds is 4. The van der Waals surface area contributed by atoms with Crippen molar-refractivity contribution in [2.45, 2.75) is 37.1 Å². The normalized spacial score (nSPS) is 19.2. The van der Waals surface area contributed by atoms with Gasteiger partial charge in [0, 0.05) is 19.1 Å². The number of amides is 2. The van der Waals surface area contributed by atoms with Crippen LogP contribution in [0.1, 0.15) is 41.8 Å². The highest BCUT2D eigenvalue weighted by Crippen LogP contribution is 2.48. The second kappa shape index (κ2) is 6.59. The summed E-state index contributed by atoms with van der Waals surface area (Å²) in [6.07, 6.45) is 4.51. The molecule has 6 heteroatoms. The topological polar surface area (TPSA) is 62.6 Å². The maximum Gasteiger partial charge on any atom is 0.289 e. The lowest BCUT2D eigenvalue weighted by molar-refractivity contribution is -0.124. The lowest BCUT2D eigenvalue weighted by atomic mass is 9.93. The second-order valence-corrected chi connectivity index (χ2v) is 7.11. The SMILES string of the molecule is O=C(c1ccco1)N1CCC(NC(=O)C2(c3ccc(F)cc3)CC2)CC1. The van der Waals surface area contributed by atoms with E-state index in [4.69, 9.17) is 4.42 Å². The molecule has 26 heavy (non-hydrogen) atoms. The molecule has 0 atom stereocenters. The first-order chi connectivity index (χ1) is 12.6. The number of carbonyl (C=O) groups excluding carboxylic acids is 2. The Morgan fingerprint density at radius 3 is 2.38 bits per heavy atom. The summed E-state index contributed by atoms with van der Waals surface area (Å²) in [5, 5.41) is 3.13. The van der Waals surface area contributed by atoms with Gasteiger partial charge in [-0.15, -0.1) is 0 Å². The van der Waals surface area contributed by atoms with E-state index in [2.05, 4.69) is 5.32 Å². The first-order valence-electron chi connectivity index (χ1n) is 8.98. The van der Waals surface area contributed by atoms with E-state index in [0.29, 0.717) is 18.8 Å². The minimum Gasteiger partial charge on any atom is -0.459 e. The zero-order chi connectivity index (χ0) is 18.1. The van der Waals surface area contributed by atoms with Gasteiger partial charge in [-0.2, -0.15) is 0 Å². The molecule has 2 amide bonds. The monoisotopic (exact) mass is 356 g/mol. The van der Waals surface area contributed by atoms with Crippen LogP contribution in [0.5, 0.6) is 0 Å². The minimum atomic E-state index is -0.505. The summed E-state index contributed by atoms with van der Waals surface area (Å²) in [7, 11) is 0. The standard InChI is InChI=1S/C20H21FN2O3/c21-15-5-3-14(4-6-15)20(9-10-20)19(25)22-16-7-11-23(12-8-16)18(24)17-2-1-13-26-17/h1-6,13,16H,7-12H2,(H,22,25). The third-order valence-electron chi connectivity index (χ3n) is 5.43. The molecule has 1 saturated heterocycles. The quantitative estimate of drug-likeness (QED) is 0.916. The van der Waals surface area contributed by atoms with E-state index in [9.17, 15) is 14.0 Å². The lowest BCUT2D eigenvalue weighted by Gasteiger charge is -2.32. The van der Waals surface area contributed by atoms with Crippen LogP contribution in [0.2, 0.25) is 0 Å². The molecule has 1 aromatic carbocycles. The number of halogens is 1. The Hall–Kier alpha value is -2.63. The van der Waals surface area contributed by atoms with E-state index < -0.39 is 5.41 Å². The predicted octanol–water partition coefficient (Wildman–Crippen LogP) is 2.87. The van der Waals surface area contributed by atoms with E-state index >= 15 is 0 Å². The van der Waals surface area contributed by atoms with Crippen LogP contribution in [-0.2, 0) is 10.2 Å². The van der Waals surface area contributed by atoms with Crippen LogP contribution in [0.3, 0.4) is 0 Å². The van der Waals surface area contributed by atoms with Crippen LogP contribution in [0.15, 0.2) is 47.1 Å². The van der Waals surface area contributed by atoms with E-state index in [0.717, 1.165) is 31.2 Å². The summed E-state index contributed by atoms with van der Waals surface area (Å²) < 4.78 is 18.3. The number of nitrogens with one attached hydrogen (secondary N) is 1. The van der Waals surface area contributed by atoms with Gasteiger partial charge in [0.25, 0.3) is 5.91 Å². The van der Waals surface area contributed by atoms with Crippen molar-refractivity contribution in [1.82, 2.24) is 10.2 Å². The summed E-state index contributed by atoms with van der Waals surface area (Å²) in [6, 6.07) is 9.63. The summed E-state index contributed by atoms with van der Waals surface area (Å²) >= 11 is 0. The summed E-state index contributed by atoms with van der Waals surface area (Å²) in [6.45, 7) is 1.18.